The van der Waals surface area contributed by atoms with Gasteiger partial charge in [-0.15, -0.1) is 0 Å². The summed E-state index contributed by atoms with van der Waals surface area (Å²) in [4.78, 5) is 22.8. The van der Waals surface area contributed by atoms with Crippen molar-refractivity contribution in [3.05, 3.63) is 23.8 Å². The van der Waals surface area contributed by atoms with E-state index in [-0.39, 0.29) is 5.56 Å². The molecule has 0 fully saturated rings. The number of nitrogens with two attached hydrogens (primary N) is 1. The van der Waals surface area contributed by atoms with Gasteiger partial charge in [0.2, 0.25) is 5.91 Å². The number of rotatable bonds is 3. The summed E-state index contributed by atoms with van der Waals surface area (Å²) in [5, 5.41) is 21.1. The van der Waals surface area contributed by atoms with E-state index in [0.29, 0.717) is 0 Å². The number of nitrogens with one attached hydrogen (secondary N) is 1. The van der Waals surface area contributed by atoms with Crippen molar-refractivity contribution in [2.45, 2.75) is 19.4 Å². The maximum absolute atomic E-state index is 11.7. The minimum atomic E-state index is -1.24. The fourth-order valence-corrected chi connectivity index (χ4v) is 1.13. The summed E-state index contributed by atoms with van der Waals surface area (Å²) in [6.07, 6.45) is 0. The van der Waals surface area contributed by atoms with Crippen molar-refractivity contribution in [1.29, 1.82) is 0 Å². The summed E-state index contributed by atoms with van der Waals surface area (Å²) in [7, 11) is 0. The van der Waals surface area contributed by atoms with Crippen LogP contribution in [0, 0.1) is 0 Å². The van der Waals surface area contributed by atoms with E-state index in [0.717, 1.165) is 0 Å². The van der Waals surface area contributed by atoms with E-state index in [1.54, 1.807) is 0 Å². The summed E-state index contributed by atoms with van der Waals surface area (Å²) < 4.78 is 0. The number of aromatic hydroxyl groups is 2. The van der Waals surface area contributed by atoms with Gasteiger partial charge in [0.1, 0.15) is 5.54 Å². The number of hydrogen-bond acceptors (Lipinski definition) is 4. The van der Waals surface area contributed by atoms with E-state index in [1.807, 2.05) is 0 Å². The molecule has 0 saturated carbocycles. The Morgan fingerprint density at radius 3 is 2.41 bits per heavy atom. The molecule has 0 spiro atoms. The monoisotopic (exact) mass is 238 g/mol. The van der Waals surface area contributed by atoms with Gasteiger partial charge in [-0.25, -0.2) is 0 Å². The van der Waals surface area contributed by atoms with Gasteiger partial charge in [-0.3, -0.25) is 9.59 Å². The Labute approximate surface area is 98.1 Å². The number of primary amides is 1. The zero-order valence-electron chi connectivity index (χ0n) is 9.52. The lowest BCUT2D eigenvalue weighted by Crippen LogP contribution is -2.53. The standard InChI is InChI=1S/C11H14N2O4/c1-11(2,10(12)17)13-9(16)6-4-3-5-7(14)8(6)15/h3-5,14-15H,1-2H3,(H2,12,17)(H,13,16). The number of phenols is 2. The van der Waals surface area contributed by atoms with Gasteiger partial charge in [0, 0.05) is 0 Å². The first-order valence-corrected chi connectivity index (χ1v) is 4.89. The predicted molar refractivity (Wildman–Crippen MR) is 60.5 cm³/mol. The smallest absolute Gasteiger partial charge is 0.256 e. The molecule has 92 valence electrons. The third kappa shape index (κ3) is 2.66. The fraction of sp³-hybridized carbons (Fsp3) is 0.273. The molecule has 0 aliphatic carbocycles. The second-order valence-corrected chi connectivity index (χ2v) is 4.12. The molecule has 6 heteroatoms. The first kappa shape index (κ1) is 12.8. The maximum atomic E-state index is 11.7. The molecule has 0 atom stereocenters. The molecule has 6 nitrogen and oxygen atoms in total. The molecule has 0 aliphatic heterocycles. The average Bonchev–Trinajstić information content (AvgIpc) is 2.21. The van der Waals surface area contributed by atoms with Crippen molar-refractivity contribution < 1.29 is 19.8 Å². The Kier molecular flexibility index (Phi) is 3.26. The molecule has 0 aromatic heterocycles. The third-order valence-electron chi connectivity index (χ3n) is 2.30. The Morgan fingerprint density at radius 2 is 1.88 bits per heavy atom. The van der Waals surface area contributed by atoms with Gasteiger partial charge in [0.25, 0.3) is 5.91 Å². The highest BCUT2D eigenvalue weighted by Gasteiger charge is 2.28. The molecule has 1 aromatic carbocycles. The van der Waals surface area contributed by atoms with Gasteiger partial charge < -0.3 is 21.3 Å². The van der Waals surface area contributed by atoms with Crippen LogP contribution in [0.5, 0.6) is 11.5 Å². The Balaban J connectivity index is 2.99. The van der Waals surface area contributed by atoms with Crippen LogP contribution in [0.2, 0.25) is 0 Å². The van der Waals surface area contributed by atoms with Crippen molar-refractivity contribution >= 4 is 11.8 Å². The quantitative estimate of drug-likeness (QED) is 0.559. The third-order valence-corrected chi connectivity index (χ3v) is 2.30. The molecule has 0 unspecified atom stereocenters. The highest BCUT2D eigenvalue weighted by molar-refractivity contribution is 6.01. The van der Waals surface area contributed by atoms with Crippen LogP contribution in [-0.4, -0.2) is 27.6 Å². The van der Waals surface area contributed by atoms with E-state index >= 15 is 0 Å². The largest absolute Gasteiger partial charge is 0.504 e. The van der Waals surface area contributed by atoms with Crippen LogP contribution in [0.25, 0.3) is 0 Å². The number of amides is 2. The van der Waals surface area contributed by atoms with Crippen molar-refractivity contribution in [3.8, 4) is 11.5 Å². The first-order chi connectivity index (χ1) is 7.75. The number of para-hydroxylation sites is 1. The number of carbonyl (C=O) groups excluding carboxylic acids is 2. The first-order valence-electron chi connectivity index (χ1n) is 4.89. The molecule has 0 heterocycles. The summed E-state index contributed by atoms with van der Waals surface area (Å²) in [6.45, 7) is 2.88. The Hall–Kier alpha value is -2.24. The van der Waals surface area contributed by atoms with Crippen LogP contribution < -0.4 is 11.1 Å². The van der Waals surface area contributed by atoms with Crippen molar-refractivity contribution in [1.82, 2.24) is 5.32 Å². The molecule has 5 N–H and O–H groups in total. The van der Waals surface area contributed by atoms with Crippen molar-refractivity contribution in [2.24, 2.45) is 5.73 Å². The van der Waals surface area contributed by atoms with E-state index in [2.05, 4.69) is 5.32 Å². The van der Waals surface area contributed by atoms with Crippen LogP contribution in [0.3, 0.4) is 0 Å². The molecule has 0 radical (unpaired) electrons. The van der Waals surface area contributed by atoms with Crippen LogP contribution in [0.15, 0.2) is 18.2 Å². The number of benzene rings is 1. The zero-order valence-corrected chi connectivity index (χ0v) is 9.52. The predicted octanol–water partition coefficient (Wildman–Crippen LogP) is 0.0915. The minimum absolute atomic E-state index is 0.126. The molecule has 17 heavy (non-hydrogen) atoms. The fourth-order valence-electron chi connectivity index (χ4n) is 1.13. The number of carbonyl (C=O) groups is 2. The van der Waals surface area contributed by atoms with E-state index in [9.17, 15) is 19.8 Å². The minimum Gasteiger partial charge on any atom is -0.504 e. The highest BCUT2D eigenvalue weighted by atomic mass is 16.3. The van der Waals surface area contributed by atoms with Gasteiger partial charge in [0.15, 0.2) is 11.5 Å². The van der Waals surface area contributed by atoms with Crippen LogP contribution in [0.4, 0.5) is 0 Å². The van der Waals surface area contributed by atoms with Gasteiger partial charge in [-0.2, -0.15) is 0 Å². The van der Waals surface area contributed by atoms with Crippen LogP contribution in [0.1, 0.15) is 24.2 Å². The van der Waals surface area contributed by atoms with Crippen LogP contribution in [-0.2, 0) is 4.79 Å². The zero-order chi connectivity index (χ0) is 13.2. The van der Waals surface area contributed by atoms with Gasteiger partial charge in [-0.05, 0) is 26.0 Å². The lowest BCUT2D eigenvalue weighted by molar-refractivity contribution is -0.122. The number of phenolic OH excluding ortho intramolecular Hbond substituents is 2. The summed E-state index contributed by atoms with van der Waals surface area (Å²) in [6, 6.07) is 3.97. The lowest BCUT2D eigenvalue weighted by atomic mass is 10.0. The topological polar surface area (TPSA) is 113 Å². The number of hydrogen-bond donors (Lipinski definition) is 4. The molecule has 1 aromatic rings. The average molecular weight is 238 g/mol. The maximum Gasteiger partial charge on any atom is 0.256 e. The molecular formula is C11H14N2O4. The highest BCUT2D eigenvalue weighted by Crippen LogP contribution is 2.28. The molecule has 1 rings (SSSR count). The van der Waals surface area contributed by atoms with Crippen molar-refractivity contribution in [2.75, 3.05) is 0 Å². The second kappa shape index (κ2) is 4.32. The Bertz CT molecular complexity index is 469. The van der Waals surface area contributed by atoms with Gasteiger partial charge >= 0.3 is 0 Å². The molecular weight excluding hydrogens is 224 g/mol. The normalized spacial score (nSPS) is 10.9. The Morgan fingerprint density at radius 1 is 1.29 bits per heavy atom. The molecule has 0 aliphatic rings. The lowest BCUT2D eigenvalue weighted by Gasteiger charge is -2.22. The van der Waals surface area contributed by atoms with Crippen molar-refractivity contribution in [3.63, 3.8) is 0 Å². The van der Waals surface area contributed by atoms with Gasteiger partial charge in [0.05, 0.1) is 5.56 Å². The molecule has 0 bridgehead atoms. The summed E-state index contributed by atoms with van der Waals surface area (Å²) in [5.41, 5.74) is 3.73. The molecule has 2 amide bonds. The van der Waals surface area contributed by atoms with E-state index < -0.39 is 28.9 Å². The summed E-state index contributed by atoms with van der Waals surface area (Å²) >= 11 is 0. The second-order valence-electron chi connectivity index (χ2n) is 4.12. The summed E-state index contributed by atoms with van der Waals surface area (Å²) in [5.74, 6) is -2.34. The van der Waals surface area contributed by atoms with Gasteiger partial charge in [-0.1, -0.05) is 6.07 Å². The SMILES string of the molecule is CC(C)(NC(=O)c1cccc(O)c1O)C(N)=O. The van der Waals surface area contributed by atoms with E-state index in [1.165, 1.54) is 32.0 Å². The molecule has 0 saturated heterocycles. The van der Waals surface area contributed by atoms with Crippen LogP contribution >= 0.6 is 0 Å². The van der Waals surface area contributed by atoms with E-state index in [4.69, 9.17) is 5.73 Å².